The molecule has 1 N–H and O–H groups in total. The van der Waals surface area contributed by atoms with Crippen molar-refractivity contribution in [3.63, 3.8) is 0 Å². The number of nitrogens with zero attached hydrogens (tertiary/aromatic N) is 1. The molecule has 3 nitrogen and oxygen atoms in total. The molecule has 98 valence electrons. The first-order chi connectivity index (χ1) is 8.37. The molecule has 0 aromatic carbocycles. The molecule has 1 atom stereocenters. The molecule has 1 fully saturated rings. The third-order valence-corrected chi connectivity index (χ3v) is 3.90. The van der Waals surface area contributed by atoms with Gasteiger partial charge in [-0.15, -0.1) is 0 Å². The number of carbonyl (C=O) groups is 1. The lowest BCUT2D eigenvalue weighted by molar-refractivity contribution is -0.120. The number of carbonyl (C=O) groups excluding carboxylic acids is 1. The van der Waals surface area contributed by atoms with E-state index in [4.69, 9.17) is 0 Å². The second kappa shape index (κ2) is 4.91. The number of alkyl halides is 2. The maximum Gasteiger partial charge on any atom is 0.248 e. The van der Waals surface area contributed by atoms with E-state index in [-0.39, 0.29) is 25.2 Å². The summed E-state index contributed by atoms with van der Waals surface area (Å²) in [7, 11) is 0. The van der Waals surface area contributed by atoms with Crippen LogP contribution in [0.5, 0.6) is 0 Å². The fourth-order valence-corrected chi connectivity index (χ4v) is 2.23. The van der Waals surface area contributed by atoms with Crippen molar-refractivity contribution < 1.29 is 13.6 Å². The Morgan fingerprint density at radius 2 is 2.33 bits per heavy atom. The molecule has 1 aromatic heterocycles. The van der Waals surface area contributed by atoms with E-state index in [1.54, 1.807) is 12.3 Å². The lowest BCUT2D eigenvalue weighted by Crippen LogP contribution is -2.23. The highest BCUT2D eigenvalue weighted by atomic mass is 79.9. The molecule has 1 saturated carbocycles. The van der Waals surface area contributed by atoms with Gasteiger partial charge in [0.2, 0.25) is 11.8 Å². The molecular formula is C12H13BrF2N2O. The van der Waals surface area contributed by atoms with Crippen molar-refractivity contribution in [1.82, 2.24) is 4.98 Å². The third-order valence-electron chi connectivity index (χ3n) is 3.07. The molecule has 6 heteroatoms. The van der Waals surface area contributed by atoms with E-state index in [9.17, 15) is 13.6 Å². The molecule has 1 amide bonds. The number of aryl methyl sites for hydroxylation is 1. The largest absolute Gasteiger partial charge is 0.310 e. The molecular weight excluding hydrogens is 306 g/mol. The first-order valence-corrected chi connectivity index (χ1v) is 6.47. The predicted octanol–water partition coefficient (Wildman–Crippen LogP) is 3.53. The van der Waals surface area contributed by atoms with Crippen LogP contribution in [0.25, 0.3) is 0 Å². The Hall–Kier alpha value is -1.04. The molecule has 0 spiro atoms. The molecule has 0 saturated heterocycles. The zero-order valence-corrected chi connectivity index (χ0v) is 11.4. The lowest BCUT2D eigenvalue weighted by Gasteiger charge is -2.11. The first kappa shape index (κ1) is 13.4. The molecule has 0 aliphatic heterocycles. The fourth-order valence-electron chi connectivity index (χ4n) is 2.01. The number of rotatable bonds is 2. The SMILES string of the molecule is Cc1cc(NC(=O)C2CCC(F)(F)C2)ncc1Br. The van der Waals surface area contributed by atoms with Gasteiger partial charge in [0.1, 0.15) is 5.82 Å². The quantitative estimate of drug-likeness (QED) is 0.906. The summed E-state index contributed by atoms with van der Waals surface area (Å²) in [6, 6.07) is 1.70. The van der Waals surface area contributed by atoms with Crippen LogP contribution in [0, 0.1) is 12.8 Å². The van der Waals surface area contributed by atoms with Gasteiger partial charge in [0.25, 0.3) is 0 Å². The van der Waals surface area contributed by atoms with Crippen LogP contribution in [-0.4, -0.2) is 16.8 Å². The first-order valence-electron chi connectivity index (χ1n) is 5.68. The summed E-state index contributed by atoms with van der Waals surface area (Å²) in [5.41, 5.74) is 0.928. The van der Waals surface area contributed by atoms with Gasteiger partial charge >= 0.3 is 0 Å². The molecule has 1 unspecified atom stereocenters. The summed E-state index contributed by atoms with van der Waals surface area (Å²) >= 11 is 3.30. The molecule has 1 heterocycles. The minimum atomic E-state index is -2.70. The Morgan fingerprint density at radius 1 is 1.61 bits per heavy atom. The Morgan fingerprint density at radius 3 is 2.89 bits per heavy atom. The van der Waals surface area contributed by atoms with Gasteiger partial charge in [0, 0.05) is 29.4 Å². The Kier molecular flexibility index (Phi) is 3.66. The van der Waals surface area contributed by atoms with Crippen LogP contribution in [-0.2, 0) is 4.79 Å². The minimum Gasteiger partial charge on any atom is -0.310 e. The number of pyridine rings is 1. The van der Waals surface area contributed by atoms with Gasteiger partial charge in [-0.1, -0.05) is 0 Å². The van der Waals surface area contributed by atoms with E-state index in [0.29, 0.717) is 5.82 Å². The molecule has 2 rings (SSSR count). The monoisotopic (exact) mass is 318 g/mol. The Balaban J connectivity index is 2.01. The molecule has 18 heavy (non-hydrogen) atoms. The van der Waals surface area contributed by atoms with Crippen LogP contribution in [0.2, 0.25) is 0 Å². The van der Waals surface area contributed by atoms with Crippen LogP contribution in [0.4, 0.5) is 14.6 Å². The van der Waals surface area contributed by atoms with Crippen molar-refractivity contribution in [3.8, 4) is 0 Å². The van der Waals surface area contributed by atoms with Crippen molar-refractivity contribution in [2.24, 2.45) is 5.92 Å². The van der Waals surface area contributed by atoms with Crippen LogP contribution in [0.15, 0.2) is 16.7 Å². The highest BCUT2D eigenvalue weighted by Crippen LogP contribution is 2.39. The molecule has 1 aliphatic rings. The van der Waals surface area contributed by atoms with Gasteiger partial charge < -0.3 is 5.32 Å². The number of anilines is 1. The average Bonchev–Trinajstić information content (AvgIpc) is 2.64. The van der Waals surface area contributed by atoms with E-state index in [1.807, 2.05) is 6.92 Å². The standard InChI is InChI=1S/C12H13BrF2N2O/c1-7-4-10(16-6-9(7)13)17-11(18)8-2-3-12(14,15)5-8/h4,6,8H,2-3,5H2,1H3,(H,16,17,18). The number of amides is 1. The summed E-state index contributed by atoms with van der Waals surface area (Å²) in [5, 5.41) is 2.59. The second-order valence-corrected chi connectivity index (χ2v) is 5.46. The minimum absolute atomic E-state index is 0.210. The van der Waals surface area contributed by atoms with Crippen LogP contribution < -0.4 is 5.32 Å². The Labute approximate surface area is 112 Å². The molecule has 0 bridgehead atoms. The fraction of sp³-hybridized carbons (Fsp3) is 0.500. The lowest BCUT2D eigenvalue weighted by atomic mass is 10.1. The van der Waals surface area contributed by atoms with Gasteiger partial charge in [-0.3, -0.25) is 4.79 Å². The number of aromatic nitrogens is 1. The average molecular weight is 319 g/mol. The topological polar surface area (TPSA) is 42.0 Å². The zero-order chi connectivity index (χ0) is 13.3. The molecule has 1 aliphatic carbocycles. The van der Waals surface area contributed by atoms with Crippen LogP contribution in [0.3, 0.4) is 0 Å². The highest BCUT2D eigenvalue weighted by Gasteiger charge is 2.42. The smallest absolute Gasteiger partial charge is 0.248 e. The molecule has 1 aromatic rings. The van der Waals surface area contributed by atoms with Crippen molar-refractivity contribution in [3.05, 3.63) is 22.3 Å². The van der Waals surface area contributed by atoms with Crippen LogP contribution in [0.1, 0.15) is 24.8 Å². The third kappa shape index (κ3) is 3.04. The van der Waals surface area contributed by atoms with Gasteiger partial charge in [-0.25, -0.2) is 13.8 Å². The maximum atomic E-state index is 13.0. The summed E-state index contributed by atoms with van der Waals surface area (Å²) < 4.78 is 26.9. The number of nitrogens with one attached hydrogen (secondary N) is 1. The number of hydrogen-bond donors (Lipinski definition) is 1. The normalized spacial score (nSPS) is 21.9. The number of halogens is 3. The van der Waals surface area contributed by atoms with Crippen molar-refractivity contribution >= 4 is 27.7 Å². The van der Waals surface area contributed by atoms with E-state index in [0.717, 1.165) is 10.0 Å². The van der Waals surface area contributed by atoms with Gasteiger partial charge in [0.05, 0.1) is 0 Å². The highest BCUT2D eigenvalue weighted by molar-refractivity contribution is 9.10. The van der Waals surface area contributed by atoms with Crippen molar-refractivity contribution in [2.75, 3.05) is 5.32 Å². The Bertz CT molecular complexity index is 479. The summed E-state index contributed by atoms with van der Waals surface area (Å²) in [4.78, 5) is 15.8. The summed E-state index contributed by atoms with van der Waals surface area (Å²) in [6.45, 7) is 1.87. The summed E-state index contributed by atoms with van der Waals surface area (Å²) in [5.74, 6) is -3.30. The van der Waals surface area contributed by atoms with E-state index < -0.39 is 11.8 Å². The zero-order valence-electron chi connectivity index (χ0n) is 9.84. The van der Waals surface area contributed by atoms with Crippen LogP contribution >= 0.6 is 15.9 Å². The van der Waals surface area contributed by atoms with Crippen molar-refractivity contribution in [1.29, 1.82) is 0 Å². The molecule has 0 radical (unpaired) electrons. The van der Waals surface area contributed by atoms with E-state index in [2.05, 4.69) is 26.2 Å². The van der Waals surface area contributed by atoms with Gasteiger partial charge in [-0.2, -0.15) is 0 Å². The van der Waals surface area contributed by atoms with Gasteiger partial charge in [0.15, 0.2) is 0 Å². The maximum absolute atomic E-state index is 13.0. The predicted molar refractivity (Wildman–Crippen MR) is 67.6 cm³/mol. The van der Waals surface area contributed by atoms with Crippen molar-refractivity contribution in [2.45, 2.75) is 32.1 Å². The number of hydrogen-bond acceptors (Lipinski definition) is 2. The summed E-state index contributed by atoms with van der Waals surface area (Å²) in [6.07, 6.45) is 1.23. The van der Waals surface area contributed by atoms with Gasteiger partial charge in [-0.05, 0) is 40.9 Å². The van der Waals surface area contributed by atoms with E-state index >= 15 is 0 Å². The van der Waals surface area contributed by atoms with E-state index in [1.165, 1.54) is 0 Å². The second-order valence-electron chi connectivity index (χ2n) is 4.60.